The summed E-state index contributed by atoms with van der Waals surface area (Å²) in [4.78, 5) is 44.4. The predicted octanol–water partition coefficient (Wildman–Crippen LogP) is -0.00900. The van der Waals surface area contributed by atoms with Crippen LogP contribution in [0.25, 0.3) is 0 Å². The van der Waals surface area contributed by atoms with Crippen molar-refractivity contribution >= 4 is 23.9 Å². The number of hydrogen-bond acceptors (Lipinski definition) is 9. The summed E-state index contributed by atoms with van der Waals surface area (Å²) in [5.41, 5.74) is 0. The van der Waals surface area contributed by atoms with E-state index in [2.05, 4.69) is 0 Å². The number of rotatable bonds is 9. The van der Waals surface area contributed by atoms with Gasteiger partial charge in [-0.25, -0.2) is 0 Å². The van der Waals surface area contributed by atoms with Crippen LogP contribution < -0.4 is 0 Å². The molecule has 0 N–H and O–H groups in total. The molecule has 0 spiro atoms. The summed E-state index contributed by atoms with van der Waals surface area (Å²) in [7, 11) is 1.31. The van der Waals surface area contributed by atoms with Crippen LogP contribution in [0.4, 0.5) is 0 Å². The van der Waals surface area contributed by atoms with Crippen molar-refractivity contribution in [2.24, 2.45) is 0 Å². The highest BCUT2D eigenvalue weighted by molar-refractivity contribution is 5.68. The zero-order chi connectivity index (χ0) is 18.0. The normalized spacial score (nSPS) is 14.1. The lowest BCUT2D eigenvalue weighted by Crippen LogP contribution is -2.48. The Labute approximate surface area is 134 Å². The molecule has 23 heavy (non-hydrogen) atoms. The Kier molecular flexibility index (Phi) is 9.56. The molecule has 132 valence electrons. The number of carbonyl (C=O) groups excluding carboxylic acids is 4. The molecule has 0 aliphatic heterocycles. The molecule has 0 rings (SSSR count). The van der Waals surface area contributed by atoms with Gasteiger partial charge in [-0.15, -0.1) is 0 Å². The summed E-state index contributed by atoms with van der Waals surface area (Å²) in [6, 6.07) is 0. The van der Waals surface area contributed by atoms with Crippen molar-refractivity contribution < 1.29 is 42.9 Å². The Hall–Kier alpha value is -2.16. The Bertz CT molecular complexity index is 432. The fourth-order valence-corrected chi connectivity index (χ4v) is 1.69. The van der Waals surface area contributed by atoms with E-state index in [9.17, 15) is 19.2 Å². The molecular weight excluding hydrogens is 312 g/mol. The highest BCUT2D eigenvalue weighted by Gasteiger charge is 2.36. The smallest absolute Gasteiger partial charge is 0.303 e. The molecule has 0 aliphatic rings. The van der Waals surface area contributed by atoms with E-state index in [1.165, 1.54) is 21.0 Å². The topological polar surface area (TPSA) is 114 Å². The third-order valence-electron chi connectivity index (χ3n) is 2.56. The van der Waals surface area contributed by atoms with Crippen LogP contribution in [0.1, 0.15) is 27.7 Å². The van der Waals surface area contributed by atoms with Crippen LogP contribution in [0.5, 0.6) is 0 Å². The molecule has 9 heteroatoms. The van der Waals surface area contributed by atoms with E-state index in [1.54, 1.807) is 0 Å². The molecule has 0 amide bonds. The maximum atomic E-state index is 11.3. The Morgan fingerprint density at radius 1 is 0.696 bits per heavy atom. The van der Waals surface area contributed by atoms with E-state index in [4.69, 9.17) is 23.7 Å². The summed E-state index contributed by atoms with van der Waals surface area (Å²) in [6.45, 7) is 4.12. The third kappa shape index (κ3) is 9.46. The van der Waals surface area contributed by atoms with Gasteiger partial charge in [0, 0.05) is 34.8 Å². The number of methoxy groups -OCH3 is 1. The average molecular weight is 334 g/mol. The first kappa shape index (κ1) is 20.8. The van der Waals surface area contributed by atoms with Crippen LogP contribution >= 0.6 is 0 Å². The first-order valence-corrected chi connectivity index (χ1v) is 6.81. The van der Waals surface area contributed by atoms with E-state index in [0.29, 0.717) is 0 Å². The lowest BCUT2D eigenvalue weighted by atomic mass is 10.1. The van der Waals surface area contributed by atoms with Crippen molar-refractivity contribution in [3.8, 4) is 0 Å². The van der Waals surface area contributed by atoms with Gasteiger partial charge in [-0.05, 0) is 0 Å². The SMILES string of the molecule is CO[C@@H](COC(C)=O)[C@@H](OC(C)=O)[C@@H](COC(C)=O)OC(C)=O. The van der Waals surface area contributed by atoms with Crippen LogP contribution in [0.15, 0.2) is 0 Å². The summed E-state index contributed by atoms with van der Waals surface area (Å²) >= 11 is 0. The van der Waals surface area contributed by atoms with Crippen LogP contribution in [0.3, 0.4) is 0 Å². The van der Waals surface area contributed by atoms with Gasteiger partial charge in [-0.3, -0.25) is 19.2 Å². The fraction of sp³-hybridized carbons (Fsp3) is 0.714. The van der Waals surface area contributed by atoms with Crippen molar-refractivity contribution in [1.82, 2.24) is 0 Å². The lowest BCUT2D eigenvalue weighted by molar-refractivity contribution is -0.188. The zero-order valence-corrected chi connectivity index (χ0v) is 13.8. The molecule has 0 fully saturated rings. The second-order valence-electron chi connectivity index (χ2n) is 4.60. The summed E-state index contributed by atoms with van der Waals surface area (Å²) < 4.78 is 24.9. The number of ether oxygens (including phenoxy) is 5. The molecule has 0 aromatic carbocycles. The van der Waals surface area contributed by atoms with Crippen LogP contribution in [-0.2, 0) is 42.9 Å². The quantitative estimate of drug-likeness (QED) is 0.424. The molecule has 3 atom stereocenters. The van der Waals surface area contributed by atoms with Gasteiger partial charge in [-0.2, -0.15) is 0 Å². The van der Waals surface area contributed by atoms with Crippen molar-refractivity contribution in [3.63, 3.8) is 0 Å². The van der Waals surface area contributed by atoms with E-state index in [0.717, 1.165) is 13.8 Å². The molecule has 0 aromatic heterocycles. The fourth-order valence-electron chi connectivity index (χ4n) is 1.69. The second-order valence-corrected chi connectivity index (χ2v) is 4.60. The maximum Gasteiger partial charge on any atom is 0.303 e. The van der Waals surface area contributed by atoms with Gasteiger partial charge in [0.1, 0.15) is 19.3 Å². The van der Waals surface area contributed by atoms with E-state index in [-0.39, 0.29) is 13.2 Å². The minimum atomic E-state index is -1.12. The third-order valence-corrected chi connectivity index (χ3v) is 2.56. The molecule has 0 saturated carbocycles. The van der Waals surface area contributed by atoms with Crippen molar-refractivity contribution in [3.05, 3.63) is 0 Å². The molecule has 9 nitrogen and oxygen atoms in total. The van der Waals surface area contributed by atoms with Gasteiger partial charge < -0.3 is 23.7 Å². The van der Waals surface area contributed by atoms with Gasteiger partial charge in [0.15, 0.2) is 12.2 Å². The summed E-state index contributed by atoms with van der Waals surface area (Å²) in [5, 5.41) is 0. The molecule has 0 heterocycles. The minimum Gasteiger partial charge on any atom is -0.463 e. The Morgan fingerprint density at radius 3 is 1.48 bits per heavy atom. The van der Waals surface area contributed by atoms with Crippen LogP contribution in [-0.4, -0.2) is 62.5 Å². The summed E-state index contributed by atoms with van der Waals surface area (Å²) in [6.07, 6.45) is -3.15. The first-order valence-electron chi connectivity index (χ1n) is 6.81. The minimum absolute atomic E-state index is 0.235. The monoisotopic (exact) mass is 334 g/mol. The zero-order valence-electron chi connectivity index (χ0n) is 13.8. The van der Waals surface area contributed by atoms with E-state index >= 15 is 0 Å². The van der Waals surface area contributed by atoms with Gasteiger partial charge in [0.05, 0.1) is 0 Å². The van der Waals surface area contributed by atoms with E-state index < -0.39 is 42.2 Å². The highest BCUT2D eigenvalue weighted by Crippen LogP contribution is 2.15. The molecule has 0 bridgehead atoms. The number of hydrogen-bond donors (Lipinski definition) is 0. The van der Waals surface area contributed by atoms with Gasteiger partial charge in [-0.1, -0.05) is 0 Å². The maximum absolute atomic E-state index is 11.3. The highest BCUT2D eigenvalue weighted by atomic mass is 16.6. The van der Waals surface area contributed by atoms with Crippen molar-refractivity contribution in [1.29, 1.82) is 0 Å². The molecule has 0 aromatic rings. The molecule has 0 aliphatic carbocycles. The molecular formula is C14H22O9. The van der Waals surface area contributed by atoms with Crippen LogP contribution in [0.2, 0.25) is 0 Å². The predicted molar refractivity (Wildman–Crippen MR) is 75.2 cm³/mol. The second kappa shape index (κ2) is 10.5. The summed E-state index contributed by atoms with van der Waals surface area (Å²) in [5.74, 6) is -2.49. The first-order chi connectivity index (χ1) is 10.7. The van der Waals surface area contributed by atoms with Crippen molar-refractivity contribution in [2.45, 2.75) is 46.0 Å². The standard InChI is InChI=1S/C14H22O9/c1-8(15)20-6-12(19-5)14(23-11(4)18)13(22-10(3)17)7-21-9(2)16/h12-14H,6-7H2,1-5H3/t12-,13+,14+/m0/s1. The Balaban J connectivity index is 5.26. The Morgan fingerprint density at radius 2 is 1.13 bits per heavy atom. The molecule has 0 radical (unpaired) electrons. The average Bonchev–Trinajstić information content (AvgIpc) is 2.41. The van der Waals surface area contributed by atoms with Gasteiger partial charge >= 0.3 is 23.9 Å². The van der Waals surface area contributed by atoms with Gasteiger partial charge in [0.25, 0.3) is 0 Å². The number of esters is 4. The molecule has 0 unspecified atom stereocenters. The lowest BCUT2D eigenvalue weighted by Gasteiger charge is -2.30. The molecule has 0 saturated heterocycles. The van der Waals surface area contributed by atoms with Crippen LogP contribution in [0, 0.1) is 0 Å². The largest absolute Gasteiger partial charge is 0.463 e. The van der Waals surface area contributed by atoms with Crippen molar-refractivity contribution in [2.75, 3.05) is 20.3 Å². The van der Waals surface area contributed by atoms with E-state index in [1.807, 2.05) is 0 Å². The number of carbonyl (C=O) groups is 4. The van der Waals surface area contributed by atoms with Gasteiger partial charge in [0.2, 0.25) is 0 Å².